The first kappa shape index (κ1) is 33.4. The van der Waals surface area contributed by atoms with E-state index in [2.05, 4.69) is 15.2 Å². The second kappa shape index (κ2) is 14.0. The summed E-state index contributed by atoms with van der Waals surface area (Å²) in [4.78, 5) is 58.9. The number of hydrogen-bond acceptors (Lipinski definition) is 11. The summed E-state index contributed by atoms with van der Waals surface area (Å²) in [5, 5.41) is 9.37. The lowest BCUT2D eigenvalue weighted by Crippen LogP contribution is -2.53. The third-order valence-electron chi connectivity index (χ3n) is 8.64. The summed E-state index contributed by atoms with van der Waals surface area (Å²) in [6, 6.07) is 11.6. The quantitative estimate of drug-likeness (QED) is 0.157. The standard InChI is InChI=1S/C34H31Cl2N7O4S2/c1-3-47-32(45)28-26(38-30(31-37-10-13-48-31)40-29(28)24-9-8-22(35)14-25(24)36)17-41-11-12-42-23(15-41)16-43(34(42)46)33-39-27(18-49-33)21-6-4-20(5-7-21)19(2)44/h4-10,13-14,18,23,29H,3,11-12,15-17H2,1-2H3,(H,38,40)/t23-,29-/m0/s1. The topological polar surface area (TPSA) is 120 Å². The maximum absolute atomic E-state index is 13.6. The highest BCUT2D eigenvalue weighted by Crippen LogP contribution is 2.38. The van der Waals surface area contributed by atoms with Gasteiger partial charge in [-0.1, -0.05) is 53.5 Å². The van der Waals surface area contributed by atoms with Crippen molar-refractivity contribution < 1.29 is 19.1 Å². The molecule has 0 radical (unpaired) electrons. The SMILES string of the molecule is CCOC(=O)C1=C(CN2CCN3C(=O)N(c4nc(-c5ccc(C(C)=O)cc5)cs4)C[C@@H]3C2)NC(c2nccs2)=N[C@H]1c1ccc(Cl)cc1Cl. The van der Waals surface area contributed by atoms with Crippen LogP contribution in [0.25, 0.3) is 11.3 Å². The molecule has 2 aromatic carbocycles. The summed E-state index contributed by atoms with van der Waals surface area (Å²) in [6.07, 6.45) is 1.70. The summed E-state index contributed by atoms with van der Waals surface area (Å²) >= 11 is 15.8. The van der Waals surface area contributed by atoms with Crippen molar-refractivity contribution in [1.29, 1.82) is 0 Å². The summed E-state index contributed by atoms with van der Waals surface area (Å²) in [7, 11) is 0. The number of piperazine rings is 1. The molecule has 0 saturated carbocycles. The first-order valence-electron chi connectivity index (χ1n) is 15.7. The van der Waals surface area contributed by atoms with Crippen LogP contribution in [0.3, 0.4) is 0 Å². The number of hydrogen-bond donors (Lipinski definition) is 1. The first-order valence-corrected chi connectivity index (χ1v) is 18.2. The summed E-state index contributed by atoms with van der Waals surface area (Å²) in [5.74, 6) is 0.0511. The van der Waals surface area contributed by atoms with Crippen LogP contribution in [0.2, 0.25) is 10.0 Å². The lowest BCUT2D eigenvalue weighted by Gasteiger charge is -2.38. The molecule has 3 aliphatic heterocycles. The summed E-state index contributed by atoms with van der Waals surface area (Å²) in [5.41, 5.74) is 3.91. The van der Waals surface area contributed by atoms with Gasteiger partial charge in [-0.15, -0.1) is 22.7 Å². The Morgan fingerprint density at radius 1 is 1.08 bits per heavy atom. The largest absolute Gasteiger partial charge is 0.463 e. The van der Waals surface area contributed by atoms with Gasteiger partial charge in [-0.3, -0.25) is 19.6 Å². The molecule has 49 heavy (non-hydrogen) atoms. The number of amidine groups is 1. The molecule has 2 atom stereocenters. The maximum atomic E-state index is 13.6. The van der Waals surface area contributed by atoms with Gasteiger partial charge in [-0.05, 0) is 26.0 Å². The van der Waals surface area contributed by atoms with Crippen LogP contribution in [0, 0.1) is 0 Å². The van der Waals surface area contributed by atoms with Crippen LogP contribution in [0.5, 0.6) is 0 Å². The van der Waals surface area contributed by atoms with E-state index in [1.165, 1.54) is 29.6 Å². The zero-order chi connectivity index (χ0) is 34.2. The third kappa shape index (κ3) is 6.73. The van der Waals surface area contributed by atoms with E-state index in [1.807, 2.05) is 27.8 Å². The van der Waals surface area contributed by atoms with Crippen LogP contribution in [0.1, 0.15) is 40.8 Å². The number of urea groups is 1. The van der Waals surface area contributed by atoms with Crippen molar-refractivity contribution in [3.8, 4) is 11.3 Å². The van der Waals surface area contributed by atoms with Gasteiger partial charge in [0.1, 0.15) is 6.04 Å². The number of aliphatic imine (C=N–C) groups is 1. The Morgan fingerprint density at radius 3 is 2.61 bits per heavy atom. The van der Waals surface area contributed by atoms with Gasteiger partial charge in [-0.25, -0.2) is 19.6 Å². The molecule has 0 unspecified atom stereocenters. The number of anilines is 1. The van der Waals surface area contributed by atoms with Crippen LogP contribution in [0.15, 0.2) is 75.7 Å². The minimum atomic E-state index is -0.749. The van der Waals surface area contributed by atoms with Gasteiger partial charge in [0.15, 0.2) is 21.8 Å². The van der Waals surface area contributed by atoms with Crippen LogP contribution < -0.4 is 10.2 Å². The average Bonchev–Trinajstić information content (AvgIpc) is 3.86. The molecular formula is C34H31Cl2N7O4S2. The van der Waals surface area contributed by atoms with Crippen LogP contribution >= 0.6 is 45.9 Å². The van der Waals surface area contributed by atoms with Gasteiger partial charge in [0, 0.05) is 75.6 Å². The molecule has 11 nitrogen and oxygen atoms in total. The Hall–Kier alpha value is -4.14. The maximum Gasteiger partial charge on any atom is 0.338 e. The Labute approximate surface area is 300 Å². The minimum Gasteiger partial charge on any atom is -0.463 e. The molecule has 2 fully saturated rings. The van der Waals surface area contributed by atoms with Gasteiger partial charge in [0.2, 0.25) is 0 Å². The number of carbonyl (C=O) groups excluding carboxylic acids is 3. The minimum absolute atomic E-state index is 0.00501. The number of nitrogens with zero attached hydrogens (tertiary/aromatic N) is 6. The normalized spacial score (nSPS) is 19.5. The smallest absolute Gasteiger partial charge is 0.338 e. The number of Topliss-reactive ketones (excluding diaryl/α,β-unsaturated/α-hetero) is 1. The van der Waals surface area contributed by atoms with Gasteiger partial charge < -0.3 is 15.0 Å². The van der Waals surface area contributed by atoms with E-state index in [9.17, 15) is 14.4 Å². The second-order valence-electron chi connectivity index (χ2n) is 11.7. The number of thiazole rings is 2. The molecule has 3 aliphatic rings. The van der Waals surface area contributed by atoms with E-state index < -0.39 is 12.0 Å². The highest BCUT2D eigenvalue weighted by molar-refractivity contribution is 7.14. The van der Waals surface area contributed by atoms with Crippen molar-refractivity contribution in [3.63, 3.8) is 0 Å². The van der Waals surface area contributed by atoms with Crippen LogP contribution in [0.4, 0.5) is 9.93 Å². The number of benzene rings is 2. The average molecular weight is 737 g/mol. The molecule has 5 heterocycles. The summed E-state index contributed by atoms with van der Waals surface area (Å²) in [6.45, 7) is 6.07. The number of amides is 2. The molecule has 2 aromatic heterocycles. The molecule has 0 aliphatic carbocycles. The highest BCUT2D eigenvalue weighted by Gasteiger charge is 2.43. The predicted octanol–water partition coefficient (Wildman–Crippen LogP) is 6.31. The lowest BCUT2D eigenvalue weighted by molar-refractivity contribution is -0.139. The van der Waals surface area contributed by atoms with Crippen molar-refractivity contribution in [2.24, 2.45) is 4.99 Å². The van der Waals surface area contributed by atoms with Crippen molar-refractivity contribution in [1.82, 2.24) is 25.1 Å². The number of halogens is 2. The number of aromatic nitrogens is 2. The van der Waals surface area contributed by atoms with Crippen molar-refractivity contribution in [2.75, 3.05) is 44.2 Å². The number of ether oxygens (including phenoxy) is 1. The van der Waals surface area contributed by atoms with Crippen molar-refractivity contribution in [3.05, 3.63) is 96.9 Å². The van der Waals surface area contributed by atoms with E-state index >= 15 is 0 Å². The Morgan fingerprint density at radius 2 is 1.90 bits per heavy atom. The van der Waals surface area contributed by atoms with Crippen molar-refractivity contribution in [2.45, 2.75) is 25.9 Å². The zero-order valence-corrected chi connectivity index (χ0v) is 29.7. The second-order valence-corrected chi connectivity index (χ2v) is 14.3. The molecule has 2 amide bonds. The van der Waals surface area contributed by atoms with Crippen molar-refractivity contribution >= 4 is 74.6 Å². The predicted molar refractivity (Wildman–Crippen MR) is 192 cm³/mol. The molecule has 2 saturated heterocycles. The number of carbonyl (C=O) groups is 3. The lowest BCUT2D eigenvalue weighted by atomic mass is 9.95. The number of ketones is 1. The Bertz CT molecular complexity index is 1980. The van der Waals surface area contributed by atoms with Gasteiger partial charge in [0.05, 0.1) is 30.5 Å². The van der Waals surface area contributed by atoms with Crippen LogP contribution in [-0.4, -0.2) is 88.8 Å². The molecule has 0 spiro atoms. The van der Waals surface area contributed by atoms with Crippen LogP contribution in [-0.2, 0) is 9.53 Å². The van der Waals surface area contributed by atoms with E-state index in [0.29, 0.717) is 81.1 Å². The molecule has 15 heteroatoms. The number of nitrogens with one attached hydrogen (secondary N) is 1. The molecular weight excluding hydrogens is 705 g/mol. The van der Waals surface area contributed by atoms with E-state index in [-0.39, 0.29) is 24.5 Å². The first-order chi connectivity index (χ1) is 23.7. The fourth-order valence-electron chi connectivity index (χ4n) is 6.26. The zero-order valence-electron chi connectivity index (χ0n) is 26.6. The highest BCUT2D eigenvalue weighted by atomic mass is 35.5. The van der Waals surface area contributed by atoms with E-state index in [1.54, 1.807) is 48.4 Å². The number of esters is 1. The van der Waals surface area contributed by atoms with Gasteiger partial charge >= 0.3 is 12.0 Å². The monoisotopic (exact) mass is 735 g/mol. The Balaban J connectivity index is 1.14. The molecule has 7 rings (SSSR count). The molecule has 252 valence electrons. The molecule has 4 aromatic rings. The van der Waals surface area contributed by atoms with E-state index in [4.69, 9.17) is 37.9 Å². The summed E-state index contributed by atoms with van der Waals surface area (Å²) < 4.78 is 5.55. The fraction of sp³-hybridized carbons (Fsp3) is 0.294. The molecule has 1 N–H and O–H groups in total. The number of rotatable bonds is 9. The van der Waals surface area contributed by atoms with Gasteiger partial charge in [0.25, 0.3) is 0 Å². The number of fused-ring (bicyclic) bond motifs is 1. The third-order valence-corrected chi connectivity index (χ3v) is 10.8. The molecule has 0 bridgehead atoms. The fourth-order valence-corrected chi connectivity index (χ4v) is 8.20. The van der Waals surface area contributed by atoms with Gasteiger partial charge in [-0.2, -0.15) is 0 Å². The Kier molecular flexibility index (Phi) is 9.53. The van der Waals surface area contributed by atoms with E-state index in [0.717, 1.165) is 11.3 Å².